The number of benzene rings is 2. The molecule has 241 valence electrons. The SMILES string of the molecule is CNC(=O)c1cc(-n2c(N[Si](C)c3ccc(OC(F)(F)F)cc3)nc3c(c2=O)C[C@@H](C)N(C(=O)c2ccc(Cl)c(Cl)c2)C3)nn1C. The highest BCUT2D eigenvalue weighted by atomic mass is 35.5. The van der Waals surface area contributed by atoms with Gasteiger partial charge in [0.25, 0.3) is 17.4 Å². The second kappa shape index (κ2) is 12.8. The van der Waals surface area contributed by atoms with Crippen LogP contribution < -0.4 is 25.8 Å². The van der Waals surface area contributed by atoms with Gasteiger partial charge < -0.3 is 19.9 Å². The van der Waals surface area contributed by atoms with E-state index in [4.69, 9.17) is 28.2 Å². The number of carbonyl (C=O) groups is 2. The fourth-order valence-corrected chi connectivity index (χ4v) is 6.68. The quantitative estimate of drug-likeness (QED) is 0.280. The van der Waals surface area contributed by atoms with Gasteiger partial charge in [0.15, 0.2) is 5.82 Å². The molecule has 0 saturated carbocycles. The molecule has 3 heterocycles. The molecule has 0 bridgehead atoms. The lowest BCUT2D eigenvalue weighted by Crippen LogP contribution is -2.46. The van der Waals surface area contributed by atoms with Crippen molar-refractivity contribution in [1.82, 2.24) is 29.5 Å². The minimum Gasteiger partial charge on any atom is -0.406 e. The fourth-order valence-electron chi connectivity index (χ4n) is 5.07. The maximum absolute atomic E-state index is 14.2. The number of halogens is 5. The van der Waals surface area contributed by atoms with Crippen molar-refractivity contribution >= 4 is 55.1 Å². The molecule has 2 N–H and O–H groups in total. The van der Waals surface area contributed by atoms with E-state index in [1.807, 2.05) is 13.5 Å². The van der Waals surface area contributed by atoms with Crippen molar-refractivity contribution in [3.05, 3.63) is 91.4 Å². The van der Waals surface area contributed by atoms with Crippen molar-refractivity contribution in [1.29, 1.82) is 0 Å². The Hall–Kier alpha value is -4.34. The summed E-state index contributed by atoms with van der Waals surface area (Å²) in [6.07, 6.45) is -4.64. The molecule has 0 aliphatic carbocycles. The number of ether oxygens (including phenoxy) is 1. The van der Waals surface area contributed by atoms with Crippen LogP contribution >= 0.6 is 23.2 Å². The lowest BCUT2D eigenvalue weighted by atomic mass is 9.98. The predicted octanol–water partition coefficient (Wildman–Crippen LogP) is 4.06. The van der Waals surface area contributed by atoms with Crippen LogP contribution in [0.1, 0.15) is 39.0 Å². The first-order valence-corrected chi connectivity index (χ1v) is 16.6. The van der Waals surface area contributed by atoms with E-state index >= 15 is 0 Å². The fraction of sp³-hybridized carbons (Fsp3) is 0.276. The molecule has 1 radical (unpaired) electrons. The molecular formula is C29H27Cl2F3N7O4Si. The van der Waals surface area contributed by atoms with Crippen molar-refractivity contribution < 1.29 is 27.5 Å². The summed E-state index contributed by atoms with van der Waals surface area (Å²) in [5, 5.41) is 8.13. The smallest absolute Gasteiger partial charge is 0.406 e. The lowest BCUT2D eigenvalue weighted by molar-refractivity contribution is -0.274. The summed E-state index contributed by atoms with van der Waals surface area (Å²) in [4.78, 5) is 49.8. The summed E-state index contributed by atoms with van der Waals surface area (Å²) in [7, 11) is 1.24. The summed E-state index contributed by atoms with van der Waals surface area (Å²) in [5.41, 5.74) is 0.820. The Bertz CT molecular complexity index is 1880. The van der Waals surface area contributed by atoms with Crippen molar-refractivity contribution in [2.75, 3.05) is 12.0 Å². The number of aryl methyl sites for hydroxylation is 1. The zero-order valence-corrected chi connectivity index (χ0v) is 27.4. The number of hydrogen-bond acceptors (Lipinski definition) is 7. The van der Waals surface area contributed by atoms with Gasteiger partial charge in [0.05, 0.1) is 22.3 Å². The number of aromatic nitrogens is 4. The van der Waals surface area contributed by atoms with Crippen molar-refractivity contribution in [2.45, 2.75) is 38.8 Å². The van der Waals surface area contributed by atoms with Crippen LogP contribution in [0.5, 0.6) is 5.75 Å². The van der Waals surface area contributed by atoms with Crippen LogP contribution in [0.4, 0.5) is 19.1 Å². The third kappa shape index (κ3) is 6.76. The standard InChI is InChI=1S/C29H27Cl2F3N7O4Si/c1-15-11-19-22(14-40(15)26(43)16-5-10-20(30)21(31)12-16)36-28(38-46(4)18-8-6-17(7-9-18)45-29(32,33)34)41(27(19)44)24-13-23(25(42)35-2)39(3)37-24/h5-10,12-13,15H,11,14H2,1-4H3,(H,35,42)(H,36,38)/t15-/m1/s1. The van der Waals surface area contributed by atoms with Gasteiger partial charge >= 0.3 is 6.36 Å². The highest BCUT2D eigenvalue weighted by Crippen LogP contribution is 2.28. The molecular weight excluding hydrogens is 666 g/mol. The van der Waals surface area contributed by atoms with Crippen molar-refractivity contribution in [3.8, 4) is 11.6 Å². The van der Waals surface area contributed by atoms with E-state index in [2.05, 4.69) is 20.1 Å². The summed E-state index contributed by atoms with van der Waals surface area (Å²) in [6, 6.07) is 11.0. The number of fused-ring (bicyclic) bond motifs is 1. The number of nitrogens with one attached hydrogen (secondary N) is 2. The Balaban J connectivity index is 1.56. The molecule has 46 heavy (non-hydrogen) atoms. The van der Waals surface area contributed by atoms with Crippen LogP contribution in [-0.4, -0.2) is 64.5 Å². The highest BCUT2D eigenvalue weighted by molar-refractivity contribution is 6.74. The van der Waals surface area contributed by atoms with E-state index < -0.39 is 26.8 Å². The van der Waals surface area contributed by atoms with Gasteiger partial charge in [-0.3, -0.25) is 19.1 Å². The van der Waals surface area contributed by atoms with E-state index in [9.17, 15) is 27.6 Å². The molecule has 0 fully saturated rings. The molecule has 11 nitrogen and oxygen atoms in total. The Morgan fingerprint density at radius 1 is 1.09 bits per heavy atom. The minimum atomic E-state index is -4.83. The maximum Gasteiger partial charge on any atom is 0.573 e. The number of rotatable bonds is 7. The van der Waals surface area contributed by atoms with Gasteiger partial charge in [-0.2, -0.15) is 5.10 Å². The summed E-state index contributed by atoms with van der Waals surface area (Å²) >= 11 is 12.2. The molecule has 0 unspecified atom stereocenters. The van der Waals surface area contributed by atoms with Crippen LogP contribution in [-0.2, 0) is 20.0 Å². The number of hydrogen-bond donors (Lipinski definition) is 2. The van der Waals surface area contributed by atoms with Crippen LogP contribution in [0.2, 0.25) is 16.6 Å². The Kier molecular flexibility index (Phi) is 9.20. The third-order valence-electron chi connectivity index (χ3n) is 7.42. The summed E-state index contributed by atoms with van der Waals surface area (Å²) in [5.74, 6) is -0.880. The van der Waals surface area contributed by atoms with Crippen LogP contribution in [0.25, 0.3) is 5.82 Å². The Morgan fingerprint density at radius 2 is 1.78 bits per heavy atom. The molecule has 2 aromatic carbocycles. The summed E-state index contributed by atoms with van der Waals surface area (Å²) in [6.45, 7) is 3.66. The third-order valence-corrected chi connectivity index (χ3v) is 9.95. The molecule has 0 spiro atoms. The van der Waals surface area contributed by atoms with Crippen molar-refractivity contribution in [3.63, 3.8) is 0 Å². The van der Waals surface area contributed by atoms with E-state index in [0.29, 0.717) is 27.0 Å². The first-order valence-electron chi connectivity index (χ1n) is 13.8. The van der Waals surface area contributed by atoms with Gasteiger partial charge in [0.1, 0.15) is 11.4 Å². The van der Waals surface area contributed by atoms with Gasteiger partial charge in [-0.1, -0.05) is 35.3 Å². The number of carbonyl (C=O) groups excluding carboxylic acids is 2. The monoisotopic (exact) mass is 692 g/mol. The van der Waals surface area contributed by atoms with Gasteiger partial charge in [-0.15, -0.1) is 13.2 Å². The predicted molar refractivity (Wildman–Crippen MR) is 167 cm³/mol. The average molecular weight is 694 g/mol. The second-order valence-electron chi connectivity index (χ2n) is 10.5. The van der Waals surface area contributed by atoms with E-state index in [0.717, 1.165) is 0 Å². The van der Waals surface area contributed by atoms with Crippen LogP contribution in [0.15, 0.2) is 53.3 Å². The van der Waals surface area contributed by atoms with Gasteiger partial charge in [0, 0.05) is 37.3 Å². The number of amides is 2. The Morgan fingerprint density at radius 3 is 2.41 bits per heavy atom. The van der Waals surface area contributed by atoms with E-state index in [1.54, 1.807) is 18.0 Å². The van der Waals surface area contributed by atoms with Gasteiger partial charge in [-0.25, -0.2) is 9.55 Å². The molecule has 0 saturated heterocycles. The number of nitrogens with zero attached hydrogens (tertiary/aromatic N) is 5. The van der Waals surface area contributed by atoms with Gasteiger partial charge in [0.2, 0.25) is 14.9 Å². The normalized spacial score (nSPS) is 14.7. The number of anilines is 1. The van der Waals surface area contributed by atoms with Gasteiger partial charge in [-0.05, 0) is 55.4 Å². The first kappa shape index (κ1) is 33.0. The molecule has 1 aliphatic rings. The first-order chi connectivity index (χ1) is 21.7. The molecule has 2 aromatic heterocycles. The van der Waals surface area contributed by atoms with E-state index in [1.165, 1.54) is 58.8 Å². The van der Waals surface area contributed by atoms with Crippen molar-refractivity contribution in [2.24, 2.45) is 7.05 Å². The van der Waals surface area contributed by atoms with Crippen LogP contribution in [0, 0.1) is 0 Å². The zero-order chi connectivity index (χ0) is 33.5. The molecule has 17 heteroatoms. The van der Waals surface area contributed by atoms with E-state index in [-0.39, 0.29) is 53.1 Å². The molecule has 2 amide bonds. The largest absolute Gasteiger partial charge is 0.573 e. The molecule has 1 aliphatic heterocycles. The van der Waals surface area contributed by atoms with Crippen LogP contribution in [0.3, 0.4) is 0 Å². The molecule has 1 atom stereocenters. The molecule has 4 aromatic rings. The zero-order valence-electron chi connectivity index (χ0n) is 24.9. The average Bonchev–Trinajstić information content (AvgIpc) is 3.38. The minimum absolute atomic E-state index is 0.0152. The Labute approximate surface area is 272 Å². The second-order valence-corrected chi connectivity index (χ2v) is 13.4. The number of alkyl halides is 3. The summed E-state index contributed by atoms with van der Waals surface area (Å²) < 4.78 is 44.6. The highest BCUT2D eigenvalue weighted by Gasteiger charge is 2.33. The maximum atomic E-state index is 14.2. The topological polar surface area (TPSA) is 123 Å². The lowest BCUT2D eigenvalue weighted by Gasteiger charge is -2.34. The molecule has 5 rings (SSSR count).